The number of ether oxygens (including phenoxy) is 1. The second-order valence-corrected chi connectivity index (χ2v) is 9.39. The normalized spacial score (nSPS) is 11.5. The van der Waals surface area contributed by atoms with Gasteiger partial charge in [-0.15, -0.1) is 11.8 Å². The topological polar surface area (TPSA) is 67.4 Å². The molecule has 3 rings (SSSR count). The molecular formula is C23H19Cl3N2O3S. The van der Waals surface area contributed by atoms with Crippen molar-refractivity contribution in [3.05, 3.63) is 81.3 Å². The quantitative estimate of drug-likeness (QED) is 0.336. The lowest BCUT2D eigenvalue weighted by Gasteiger charge is -2.15. The first-order chi connectivity index (χ1) is 15.3. The zero-order valence-electron chi connectivity index (χ0n) is 17.1. The Kier molecular flexibility index (Phi) is 8.32. The van der Waals surface area contributed by atoms with Crippen molar-refractivity contribution in [1.29, 1.82) is 0 Å². The van der Waals surface area contributed by atoms with E-state index in [0.29, 0.717) is 32.7 Å². The maximum atomic E-state index is 12.6. The second kappa shape index (κ2) is 11.0. The lowest BCUT2D eigenvalue weighted by molar-refractivity contribution is -0.115. The van der Waals surface area contributed by atoms with E-state index in [9.17, 15) is 9.59 Å². The lowest BCUT2D eigenvalue weighted by atomic mass is 10.2. The summed E-state index contributed by atoms with van der Waals surface area (Å²) in [6, 6.07) is 16.9. The number of hydrogen-bond donors (Lipinski definition) is 2. The van der Waals surface area contributed by atoms with Crippen molar-refractivity contribution in [2.45, 2.75) is 17.1 Å². The highest BCUT2D eigenvalue weighted by molar-refractivity contribution is 8.00. The Hall–Kier alpha value is -2.38. The number of carbonyl (C=O) groups is 2. The summed E-state index contributed by atoms with van der Waals surface area (Å²) in [4.78, 5) is 25.9. The molecule has 2 amide bonds. The Labute approximate surface area is 205 Å². The van der Waals surface area contributed by atoms with Crippen molar-refractivity contribution in [3.63, 3.8) is 0 Å². The largest absolute Gasteiger partial charge is 0.495 e. The fraction of sp³-hybridized carbons (Fsp3) is 0.130. The SMILES string of the molecule is COc1ccc(Cl)cc1NC(=O)C(C)Sc1ccc(NC(=O)c2ccc(Cl)cc2Cl)cc1. The summed E-state index contributed by atoms with van der Waals surface area (Å²) in [6.07, 6.45) is 0. The molecule has 0 bridgehead atoms. The van der Waals surface area contributed by atoms with Gasteiger partial charge in [0.15, 0.2) is 0 Å². The third-order valence-electron chi connectivity index (χ3n) is 4.39. The highest BCUT2D eigenvalue weighted by Gasteiger charge is 2.17. The van der Waals surface area contributed by atoms with Crippen LogP contribution in [0.15, 0.2) is 65.6 Å². The molecule has 1 unspecified atom stereocenters. The molecule has 0 heterocycles. The van der Waals surface area contributed by atoms with Gasteiger partial charge in [-0.2, -0.15) is 0 Å². The van der Waals surface area contributed by atoms with Crippen LogP contribution in [0, 0.1) is 0 Å². The molecule has 0 saturated carbocycles. The van der Waals surface area contributed by atoms with Gasteiger partial charge in [-0.1, -0.05) is 34.8 Å². The minimum absolute atomic E-state index is 0.190. The number of hydrogen-bond acceptors (Lipinski definition) is 4. The minimum Gasteiger partial charge on any atom is -0.495 e. The van der Waals surface area contributed by atoms with Crippen molar-refractivity contribution in [2.24, 2.45) is 0 Å². The zero-order valence-corrected chi connectivity index (χ0v) is 20.2. The smallest absolute Gasteiger partial charge is 0.257 e. The number of nitrogens with one attached hydrogen (secondary N) is 2. The summed E-state index contributed by atoms with van der Waals surface area (Å²) in [6.45, 7) is 1.80. The van der Waals surface area contributed by atoms with Gasteiger partial charge in [0.05, 0.1) is 28.6 Å². The van der Waals surface area contributed by atoms with Crippen molar-refractivity contribution in [1.82, 2.24) is 0 Å². The highest BCUT2D eigenvalue weighted by atomic mass is 35.5. The number of benzene rings is 3. The summed E-state index contributed by atoms with van der Waals surface area (Å²) in [5, 5.41) is 6.48. The van der Waals surface area contributed by atoms with Crippen LogP contribution in [-0.4, -0.2) is 24.2 Å². The van der Waals surface area contributed by atoms with Gasteiger partial charge in [0, 0.05) is 20.6 Å². The molecule has 32 heavy (non-hydrogen) atoms. The second-order valence-electron chi connectivity index (χ2n) is 6.70. The number of halogens is 3. The van der Waals surface area contributed by atoms with Crippen LogP contribution in [0.2, 0.25) is 15.1 Å². The van der Waals surface area contributed by atoms with Crippen LogP contribution >= 0.6 is 46.6 Å². The molecule has 2 N–H and O–H groups in total. The first-order valence-corrected chi connectivity index (χ1v) is 11.5. The number of thioether (sulfide) groups is 1. The molecule has 0 aliphatic heterocycles. The first kappa shape index (κ1) is 24.3. The Balaban J connectivity index is 1.60. The van der Waals surface area contributed by atoms with Crippen LogP contribution in [0.25, 0.3) is 0 Å². The van der Waals surface area contributed by atoms with Crippen molar-refractivity contribution in [2.75, 3.05) is 17.7 Å². The highest BCUT2D eigenvalue weighted by Crippen LogP contribution is 2.30. The predicted molar refractivity (Wildman–Crippen MR) is 133 cm³/mol. The van der Waals surface area contributed by atoms with Gasteiger partial charge in [-0.25, -0.2) is 0 Å². The van der Waals surface area contributed by atoms with Gasteiger partial charge in [0.1, 0.15) is 5.75 Å². The molecule has 0 saturated heterocycles. The van der Waals surface area contributed by atoms with Gasteiger partial charge in [0.25, 0.3) is 5.91 Å². The van der Waals surface area contributed by atoms with E-state index in [-0.39, 0.29) is 22.1 Å². The van der Waals surface area contributed by atoms with Crippen molar-refractivity contribution >= 4 is 69.8 Å². The maximum Gasteiger partial charge on any atom is 0.257 e. The third-order valence-corrected chi connectivity index (χ3v) is 6.28. The molecule has 0 fully saturated rings. The van der Waals surface area contributed by atoms with E-state index in [0.717, 1.165) is 4.90 Å². The molecule has 3 aromatic rings. The first-order valence-electron chi connectivity index (χ1n) is 9.44. The zero-order chi connectivity index (χ0) is 23.3. The van der Waals surface area contributed by atoms with Gasteiger partial charge in [0.2, 0.25) is 5.91 Å². The third kappa shape index (κ3) is 6.33. The average molecular weight is 510 g/mol. The Bertz CT molecular complexity index is 1140. The monoisotopic (exact) mass is 508 g/mol. The molecule has 9 heteroatoms. The molecule has 0 aliphatic rings. The molecule has 0 spiro atoms. The Morgan fingerprint density at radius 1 is 0.906 bits per heavy atom. The number of amides is 2. The molecule has 3 aromatic carbocycles. The van der Waals surface area contributed by atoms with Gasteiger partial charge in [-0.05, 0) is 67.6 Å². The average Bonchev–Trinajstić information content (AvgIpc) is 2.75. The van der Waals surface area contributed by atoms with Gasteiger partial charge < -0.3 is 15.4 Å². The van der Waals surface area contributed by atoms with Crippen LogP contribution < -0.4 is 15.4 Å². The fourth-order valence-corrected chi connectivity index (χ4v) is 4.29. The van der Waals surface area contributed by atoms with Gasteiger partial charge in [-0.3, -0.25) is 9.59 Å². The number of anilines is 2. The summed E-state index contributed by atoms with van der Waals surface area (Å²) in [5.74, 6) is 0.00134. The van der Waals surface area contributed by atoms with E-state index in [1.165, 1.54) is 24.9 Å². The fourth-order valence-electron chi connectivity index (χ4n) is 2.76. The predicted octanol–water partition coefficient (Wildman–Crippen LogP) is 7.03. The number of carbonyl (C=O) groups excluding carboxylic acids is 2. The van der Waals surface area contributed by atoms with Crippen molar-refractivity contribution < 1.29 is 14.3 Å². The van der Waals surface area contributed by atoms with E-state index in [2.05, 4.69) is 10.6 Å². The van der Waals surface area contributed by atoms with E-state index < -0.39 is 0 Å². The lowest BCUT2D eigenvalue weighted by Crippen LogP contribution is -2.22. The van der Waals surface area contributed by atoms with Crippen LogP contribution in [0.5, 0.6) is 5.75 Å². The number of methoxy groups -OCH3 is 1. The van der Waals surface area contributed by atoms with Crippen LogP contribution in [0.3, 0.4) is 0 Å². The summed E-state index contributed by atoms with van der Waals surface area (Å²) in [7, 11) is 1.53. The summed E-state index contributed by atoms with van der Waals surface area (Å²) in [5.41, 5.74) is 1.44. The molecule has 0 aromatic heterocycles. The molecule has 166 valence electrons. The molecular weight excluding hydrogens is 491 g/mol. The van der Waals surface area contributed by atoms with E-state index >= 15 is 0 Å². The molecule has 0 radical (unpaired) electrons. The molecule has 1 atom stereocenters. The maximum absolute atomic E-state index is 12.6. The molecule has 0 aliphatic carbocycles. The van der Waals surface area contributed by atoms with E-state index in [1.807, 2.05) is 12.1 Å². The van der Waals surface area contributed by atoms with Crippen LogP contribution in [-0.2, 0) is 4.79 Å². The van der Waals surface area contributed by atoms with Crippen molar-refractivity contribution in [3.8, 4) is 5.75 Å². The van der Waals surface area contributed by atoms with E-state index in [4.69, 9.17) is 39.5 Å². The minimum atomic E-state index is -0.382. The standard InChI is InChI=1S/C23H19Cl3N2O3S/c1-13(22(29)28-20-12-15(25)4-10-21(20)31-2)32-17-7-5-16(6-8-17)27-23(30)18-9-3-14(24)11-19(18)26/h3-13H,1-2H3,(H,27,30)(H,28,29). The Morgan fingerprint density at radius 2 is 1.56 bits per heavy atom. The Morgan fingerprint density at radius 3 is 2.22 bits per heavy atom. The number of rotatable bonds is 7. The van der Waals surface area contributed by atoms with Crippen LogP contribution in [0.1, 0.15) is 17.3 Å². The summed E-state index contributed by atoms with van der Waals surface area (Å²) < 4.78 is 5.26. The van der Waals surface area contributed by atoms with E-state index in [1.54, 1.807) is 49.4 Å². The summed E-state index contributed by atoms with van der Waals surface area (Å²) >= 11 is 19.4. The van der Waals surface area contributed by atoms with Gasteiger partial charge >= 0.3 is 0 Å². The van der Waals surface area contributed by atoms with Crippen LogP contribution in [0.4, 0.5) is 11.4 Å². The molecule has 5 nitrogen and oxygen atoms in total.